The predicted octanol–water partition coefficient (Wildman–Crippen LogP) is 3.61. The van der Waals surface area contributed by atoms with Crippen LogP contribution in [0.3, 0.4) is 0 Å². The van der Waals surface area contributed by atoms with E-state index in [2.05, 4.69) is 15.5 Å². The number of carbonyl (C=O) groups excluding carboxylic acids is 1. The quantitative estimate of drug-likeness (QED) is 0.425. The normalized spacial score (nSPS) is 10.9. The van der Waals surface area contributed by atoms with Crippen molar-refractivity contribution < 1.29 is 9.53 Å². The fraction of sp³-hybridized carbons (Fsp3) is 0.105. The molecule has 0 radical (unpaired) electrons. The maximum absolute atomic E-state index is 12.1. The average molecular weight is 369 g/mol. The smallest absolute Gasteiger partial charge is 0.274 e. The number of pyridine rings is 1. The molecule has 0 bridgehead atoms. The molecule has 1 aromatic carbocycles. The molecule has 0 aliphatic carbocycles. The highest BCUT2D eigenvalue weighted by Crippen LogP contribution is 2.19. The van der Waals surface area contributed by atoms with E-state index < -0.39 is 5.91 Å². The molecule has 2 aromatic heterocycles. The third-order valence-electron chi connectivity index (χ3n) is 3.80. The van der Waals surface area contributed by atoms with Gasteiger partial charge >= 0.3 is 0 Å². The van der Waals surface area contributed by atoms with Crippen LogP contribution >= 0.6 is 11.6 Å². The Labute approximate surface area is 156 Å². The van der Waals surface area contributed by atoms with Crippen molar-refractivity contribution in [2.45, 2.75) is 6.92 Å². The zero-order valence-corrected chi connectivity index (χ0v) is 15.1. The minimum Gasteiger partial charge on any atom is -0.497 e. The molecule has 6 nitrogen and oxygen atoms in total. The Morgan fingerprint density at radius 2 is 2.00 bits per heavy atom. The summed E-state index contributed by atoms with van der Waals surface area (Å²) in [7, 11) is 1.63. The molecule has 26 heavy (non-hydrogen) atoms. The van der Waals surface area contributed by atoms with Gasteiger partial charge in [0.05, 0.1) is 24.6 Å². The predicted molar refractivity (Wildman–Crippen MR) is 101 cm³/mol. The number of aryl methyl sites for hydroxylation is 1. The van der Waals surface area contributed by atoms with Crippen LogP contribution in [0.15, 0.2) is 59.8 Å². The zero-order valence-electron chi connectivity index (χ0n) is 14.3. The second-order valence-corrected chi connectivity index (χ2v) is 5.83. The van der Waals surface area contributed by atoms with Crippen molar-refractivity contribution in [1.82, 2.24) is 15.0 Å². The number of rotatable bonds is 5. The molecule has 0 aliphatic heterocycles. The number of hydrogen-bond acceptors (Lipinski definition) is 4. The summed E-state index contributed by atoms with van der Waals surface area (Å²) in [6, 6.07) is 14.8. The number of amides is 1. The van der Waals surface area contributed by atoms with Gasteiger partial charge in [-0.3, -0.25) is 4.79 Å². The molecular formula is C19H17ClN4O2. The number of benzene rings is 1. The van der Waals surface area contributed by atoms with Crippen LogP contribution in [-0.2, 0) is 0 Å². The third kappa shape index (κ3) is 3.75. The maximum atomic E-state index is 12.1. The van der Waals surface area contributed by atoms with Crippen LogP contribution < -0.4 is 10.2 Å². The molecule has 1 N–H and O–H groups in total. The average Bonchev–Trinajstić information content (AvgIpc) is 3.02. The molecule has 3 aromatic rings. The summed E-state index contributed by atoms with van der Waals surface area (Å²) in [6.07, 6.45) is 3.10. The Morgan fingerprint density at radius 3 is 2.69 bits per heavy atom. The monoisotopic (exact) mass is 368 g/mol. The van der Waals surface area contributed by atoms with E-state index in [-0.39, 0.29) is 10.7 Å². The second-order valence-electron chi connectivity index (χ2n) is 5.47. The first-order valence-electron chi connectivity index (χ1n) is 7.87. The summed E-state index contributed by atoms with van der Waals surface area (Å²) in [5.41, 5.74) is 5.57. The van der Waals surface area contributed by atoms with Crippen molar-refractivity contribution in [2.24, 2.45) is 5.10 Å². The van der Waals surface area contributed by atoms with Crippen molar-refractivity contribution >= 4 is 23.7 Å². The molecule has 7 heteroatoms. The summed E-state index contributed by atoms with van der Waals surface area (Å²) in [4.78, 5) is 16.0. The van der Waals surface area contributed by atoms with Crippen LogP contribution in [0.25, 0.3) is 5.69 Å². The number of methoxy groups -OCH3 is 1. The molecule has 0 saturated carbocycles. The second kappa shape index (κ2) is 7.84. The Balaban J connectivity index is 1.79. The van der Waals surface area contributed by atoms with E-state index in [1.165, 1.54) is 6.20 Å². The van der Waals surface area contributed by atoms with E-state index >= 15 is 0 Å². The first-order chi connectivity index (χ1) is 12.6. The van der Waals surface area contributed by atoms with E-state index in [1.54, 1.807) is 25.5 Å². The lowest BCUT2D eigenvalue weighted by atomic mass is 10.3. The number of hydrogen-bond donors (Lipinski definition) is 1. The van der Waals surface area contributed by atoms with Crippen LogP contribution in [0.4, 0.5) is 0 Å². The van der Waals surface area contributed by atoms with Gasteiger partial charge in [0.1, 0.15) is 10.9 Å². The molecule has 0 saturated heterocycles. The van der Waals surface area contributed by atoms with Crippen molar-refractivity contribution in [1.29, 1.82) is 0 Å². The van der Waals surface area contributed by atoms with Crippen molar-refractivity contribution in [3.05, 3.63) is 76.8 Å². The van der Waals surface area contributed by atoms with Gasteiger partial charge in [0.2, 0.25) is 0 Å². The standard InChI is InChI=1S/C19H17ClN4O2/c1-13-5-6-15(24(13)14-7-9-16(26-2)10-8-14)12-22-23-19(25)17-4-3-11-21-18(17)20/h3-12H,1-2H3,(H,23,25)/b22-12+. The fourth-order valence-electron chi connectivity index (χ4n) is 2.52. The minimum absolute atomic E-state index is 0.137. The van der Waals surface area contributed by atoms with Gasteiger partial charge in [-0.15, -0.1) is 0 Å². The fourth-order valence-corrected chi connectivity index (χ4v) is 2.72. The van der Waals surface area contributed by atoms with Gasteiger partial charge in [0, 0.05) is 17.6 Å². The van der Waals surface area contributed by atoms with Gasteiger partial charge in [-0.05, 0) is 55.5 Å². The van der Waals surface area contributed by atoms with Gasteiger partial charge in [-0.25, -0.2) is 10.4 Å². The molecule has 0 spiro atoms. The molecule has 0 unspecified atom stereocenters. The van der Waals surface area contributed by atoms with Crippen LogP contribution in [0.5, 0.6) is 5.75 Å². The van der Waals surface area contributed by atoms with Crippen LogP contribution in [-0.4, -0.2) is 28.8 Å². The largest absolute Gasteiger partial charge is 0.497 e. The highest BCUT2D eigenvalue weighted by molar-refractivity contribution is 6.32. The molecule has 0 atom stereocenters. The lowest BCUT2D eigenvalue weighted by molar-refractivity contribution is 0.0955. The summed E-state index contributed by atoms with van der Waals surface area (Å²) in [5, 5.41) is 4.17. The van der Waals surface area contributed by atoms with Crippen molar-refractivity contribution in [2.75, 3.05) is 7.11 Å². The molecule has 132 valence electrons. The molecule has 0 fully saturated rings. The summed E-state index contributed by atoms with van der Waals surface area (Å²) in [5.74, 6) is 0.369. The van der Waals surface area contributed by atoms with E-state index in [0.717, 1.165) is 22.8 Å². The lowest BCUT2D eigenvalue weighted by Crippen LogP contribution is -2.18. The van der Waals surface area contributed by atoms with E-state index in [1.807, 2.05) is 47.9 Å². The Morgan fingerprint density at radius 1 is 1.23 bits per heavy atom. The van der Waals surface area contributed by atoms with Crippen LogP contribution in [0.2, 0.25) is 5.15 Å². The number of ether oxygens (including phenoxy) is 1. The van der Waals surface area contributed by atoms with Crippen LogP contribution in [0.1, 0.15) is 21.7 Å². The van der Waals surface area contributed by atoms with E-state index in [4.69, 9.17) is 16.3 Å². The molecule has 2 heterocycles. The highest BCUT2D eigenvalue weighted by Gasteiger charge is 2.10. The van der Waals surface area contributed by atoms with Gasteiger partial charge in [0.25, 0.3) is 5.91 Å². The van der Waals surface area contributed by atoms with E-state index in [9.17, 15) is 4.79 Å². The Hall–Kier alpha value is -3.12. The van der Waals surface area contributed by atoms with Crippen molar-refractivity contribution in [3.63, 3.8) is 0 Å². The molecule has 0 aliphatic rings. The number of nitrogens with zero attached hydrogens (tertiary/aromatic N) is 3. The summed E-state index contributed by atoms with van der Waals surface area (Å²) < 4.78 is 7.21. The number of halogens is 1. The molecule has 3 rings (SSSR count). The highest BCUT2D eigenvalue weighted by atomic mass is 35.5. The van der Waals surface area contributed by atoms with Crippen LogP contribution in [0, 0.1) is 6.92 Å². The Bertz CT molecular complexity index is 948. The first-order valence-corrected chi connectivity index (χ1v) is 8.24. The van der Waals surface area contributed by atoms with E-state index in [0.29, 0.717) is 0 Å². The van der Waals surface area contributed by atoms with Gasteiger partial charge in [-0.1, -0.05) is 11.6 Å². The number of nitrogens with one attached hydrogen (secondary N) is 1. The lowest BCUT2D eigenvalue weighted by Gasteiger charge is -2.10. The zero-order chi connectivity index (χ0) is 18.5. The van der Waals surface area contributed by atoms with Gasteiger partial charge in [-0.2, -0.15) is 5.10 Å². The third-order valence-corrected chi connectivity index (χ3v) is 4.10. The van der Waals surface area contributed by atoms with Gasteiger partial charge in [0.15, 0.2) is 0 Å². The minimum atomic E-state index is -0.418. The summed E-state index contributed by atoms with van der Waals surface area (Å²) in [6.45, 7) is 2.00. The topological polar surface area (TPSA) is 68.5 Å². The number of carbonyl (C=O) groups is 1. The van der Waals surface area contributed by atoms with Crippen molar-refractivity contribution in [3.8, 4) is 11.4 Å². The molecule has 1 amide bonds. The molecular weight excluding hydrogens is 352 g/mol. The van der Waals surface area contributed by atoms with Gasteiger partial charge < -0.3 is 9.30 Å². The first kappa shape index (κ1) is 17.7. The maximum Gasteiger partial charge on any atom is 0.274 e. The number of hydrazone groups is 1. The Kier molecular flexibility index (Phi) is 5.34. The SMILES string of the molecule is COc1ccc(-n2c(C)ccc2/C=N/NC(=O)c2cccnc2Cl)cc1. The summed E-state index contributed by atoms with van der Waals surface area (Å²) >= 11 is 5.91. The number of aromatic nitrogens is 2.